The molecule has 7 nitrogen and oxygen atoms in total. The lowest BCUT2D eigenvalue weighted by atomic mass is 10.1. The highest BCUT2D eigenvalue weighted by molar-refractivity contribution is 6.06. The lowest BCUT2D eigenvalue weighted by Crippen LogP contribution is -2.34. The van der Waals surface area contributed by atoms with Crippen molar-refractivity contribution in [1.29, 1.82) is 0 Å². The van der Waals surface area contributed by atoms with Crippen LogP contribution in [0.2, 0.25) is 0 Å². The fourth-order valence-corrected chi connectivity index (χ4v) is 2.12. The van der Waals surface area contributed by atoms with E-state index in [0.29, 0.717) is 17.1 Å². The maximum absolute atomic E-state index is 13.6. The third-order valence-corrected chi connectivity index (χ3v) is 3.71. The molecule has 0 aliphatic heterocycles. The van der Waals surface area contributed by atoms with E-state index in [1.165, 1.54) is 45.6 Å². The second-order valence-corrected chi connectivity index (χ2v) is 5.54. The average molecular weight is 373 g/mol. The Kier molecular flexibility index (Phi) is 6.87. The zero-order valence-corrected chi connectivity index (χ0v) is 15.2. The minimum Gasteiger partial charge on any atom is -0.493 e. The van der Waals surface area contributed by atoms with Gasteiger partial charge in [-0.2, -0.15) is 5.10 Å². The number of nitrogens with one attached hydrogen (secondary N) is 2. The molecule has 0 radical (unpaired) electrons. The number of halogens is 1. The molecule has 1 atom stereocenters. The second kappa shape index (κ2) is 9.33. The van der Waals surface area contributed by atoms with Crippen molar-refractivity contribution in [2.45, 2.75) is 6.92 Å². The van der Waals surface area contributed by atoms with Gasteiger partial charge in [-0.15, -0.1) is 0 Å². The van der Waals surface area contributed by atoms with Gasteiger partial charge in [-0.05, 0) is 42.8 Å². The summed E-state index contributed by atoms with van der Waals surface area (Å²) in [6.07, 6.45) is 1.40. The van der Waals surface area contributed by atoms with Gasteiger partial charge >= 0.3 is 0 Å². The number of nitrogens with zero attached hydrogens (tertiary/aromatic N) is 1. The molecule has 2 N–H and O–H groups in total. The van der Waals surface area contributed by atoms with E-state index < -0.39 is 23.5 Å². The van der Waals surface area contributed by atoms with Gasteiger partial charge in [-0.1, -0.05) is 12.1 Å². The molecular formula is C19H20FN3O4. The Bertz CT molecular complexity index is 855. The summed E-state index contributed by atoms with van der Waals surface area (Å²) in [6, 6.07) is 10.8. The Hall–Kier alpha value is -3.42. The van der Waals surface area contributed by atoms with Gasteiger partial charge < -0.3 is 14.8 Å². The third-order valence-electron chi connectivity index (χ3n) is 3.71. The number of hydrogen-bond donors (Lipinski definition) is 2. The van der Waals surface area contributed by atoms with Crippen molar-refractivity contribution in [3.63, 3.8) is 0 Å². The molecule has 0 spiro atoms. The fourth-order valence-electron chi connectivity index (χ4n) is 2.12. The summed E-state index contributed by atoms with van der Waals surface area (Å²) in [4.78, 5) is 24.1. The van der Waals surface area contributed by atoms with E-state index in [2.05, 4.69) is 15.8 Å². The van der Waals surface area contributed by atoms with Crippen LogP contribution in [0.4, 0.5) is 10.1 Å². The van der Waals surface area contributed by atoms with Crippen LogP contribution in [-0.2, 0) is 9.59 Å². The van der Waals surface area contributed by atoms with Crippen molar-refractivity contribution in [2.75, 3.05) is 19.5 Å². The summed E-state index contributed by atoms with van der Waals surface area (Å²) in [7, 11) is 3.04. The Morgan fingerprint density at radius 3 is 2.44 bits per heavy atom. The Labute approximate surface area is 156 Å². The third kappa shape index (κ3) is 5.27. The molecule has 27 heavy (non-hydrogen) atoms. The zero-order valence-electron chi connectivity index (χ0n) is 15.2. The molecule has 0 aromatic heterocycles. The number of benzene rings is 2. The quantitative estimate of drug-likeness (QED) is 0.443. The van der Waals surface area contributed by atoms with Crippen molar-refractivity contribution in [2.24, 2.45) is 11.0 Å². The SMILES string of the molecule is COc1ccc(C=NNC(=O)C(C)C(=O)Nc2ccccc2F)cc1OC. The first kappa shape index (κ1) is 19.9. The zero-order chi connectivity index (χ0) is 19.8. The standard InChI is InChI=1S/C19H20FN3O4/c1-12(18(24)22-15-7-5-4-6-14(15)20)19(25)23-21-11-13-8-9-16(26-2)17(10-13)27-3/h4-12H,1-3H3,(H,22,24)(H,23,25). The van der Waals surface area contributed by atoms with E-state index >= 15 is 0 Å². The monoisotopic (exact) mass is 373 g/mol. The highest BCUT2D eigenvalue weighted by atomic mass is 19.1. The van der Waals surface area contributed by atoms with Gasteiger partial charge in [-0.25, -0.2) is 9.82 Å². The van der Waals surface area contributed by atoms with Crippen LogP contribution < -0.4 is 20.2 Å². The smallest absolute Gasteiger partial charge is 0.252 e. The molecular weight excluding hydrogens is 353 g/mol. The van der Waals surface area contributed by atoms with Crippen LogP contribution in [0.3, 0.4) is 0 Å². The molecule has 2 rings (SSSR count). The fraction of sp³-hybridized carbons (Fsp3) is 0.211. The number of anilines is 1. The van der Waals surface area contributed by atoms with Gasteiger partial charge in [0.2, 0.25) is 5.91 Å². The van der Waals surface area contributed by atoms with Crippen molar-refractivity contribution in [3.8, 4) is 11.5 Å². The van der Waals surface area contributed by atoms with Crippen LogP contribution in [0, 0.1) is 11.7 Å². The van der Waals surface area contributed by atoms with Crippen molar-refractivity contribution >= 4 is 23.7 Å². The Balaban J connectivity index is 1.95. The molecule has 2 amide bonds. The normalized spacial score (nSPS) is 11.7. The second-order valence-electron chi connectivity index (χ2n) is 5.54. The summed E-state index contributed by atoms with van der Waals surface area (Å²) in [5, 5.41) is 6.20. The first-order valence-electron chi connectivity index (χ1n) is 8.06. The van der Waals surface area contributed by atoms with E-state index in [1.54, 1.807) is 24.3 Å². The van der Waals surface area contributed by atoms with Crippen LogP contribution in [0.25, 0.3) is 0 Å². The van der Waals surface area contributed by atoms with Crippen LogP contribution in [-0.4, -0.2) is 32.2 Å². The number of methoxy groups -OCH3 is 2. The molecule has 0 aliphatic carbocycles. The summed E-state index contributed by atoms with van der Waals surface area (Å²) in [5.41, 5.74) is 2.96. The minimum atomic E-state index is -1.06. The van der Waals surface area contributed by atoms with Crippen molar-refractivity contribution < 1.29 is 23.5 Å². The van der Waals surface area contributed by atoms with Gasteiger partial charge in [-0.3, -0.25) is 9.59 Å². The number of para-hydroxylation sites is 1. The molecule has 0 saturated carbocycles. The molecule has 0 bridgehead atoms. The van der Waals surface area contributed by atoms with E-state index in [0.717, 1.165) is 0 Å². The predicted octanol–water partition coefficient (Wildman–Crippen LogP) is 2.57. The van der Waals surface area contributed by atoms with Gasteiger partial charge in [0.15, 0.2) is 11.5 Å². The Morgan fingerprint density at radius 1 is 1.07 bits per heavy atom. The number of carbonyl (C=O) groups excluding carboxylic acids is 2. The van der Waals surface area contributed by atoms with Crippen LogP contribution >= 0.6 is 0 Å². The van der Waals surface area contributed by atoms with E-state index in [9.17, 15) is 14.0 Å². The van der Waals surface area contributed by atoms with Crippen LogP contribution in [0.15, 0.2) is 47.6 Å². The summed E-state index contributed by atoms with van der Waals surface area (Å²) < 4.78 is 23.9. The van der Waals surface area contributed by atoms with E-state index in [4.69, 9.17) is 9.47 Å². The number of rotatable bonds is 7. The van der Waals surface area contributed by atoms with Crippen molar-refractivity contribution in [1.82, 2.24) is 5.43 Å². The maximum Gasteiger partial charge on any atom is 0.252 e. The predicted molar refractivity (Wildman–Crippen MR) is 99.5 cm³/mol. The lowest BCUT2D eigenvalue weighted by Gasteiger charge is -2.11. The highest BCUT2D eigenvalue weighted by Gasteiger charge is 2.22. The summed E-state index contributed by atoms with van der Waals surface area (Å²) in [6.45, 7) is 1.40. The molecule has 2 aromatic carbocycles. The van der Waals surface area contributed by atoms with Crippen molar-refractivity contribution in [3.05, 3.63) is 53.8 Å². The topological polar surface area (TPSA) is 89.0 Å². The molecule has 142 valence electrons. The highest BCUT2D eigenvalue weighted by Crippen LogP contribution is 2.26. The maximum atomic E-state index is 13.6. The number of carbonyl (C=O) groups is 2. The molecule has 2 aromatic rings. The molecule has 0 fully saturated rings. The van der Waals surface area contributed by atoms with Gasteiger partial charge in [0.1, 0.15) is 11.7 Å². The first-order chi connectivity index (χ1) is 13.0. The molecule has 0 heterocycles. The van der Waals surface area contributed by atoms with Gasteiger partial charge in [0.05, 0.1) is 26.1 Å². The first-order valence-corrected chi connectivity index (χ1v) is 8.06. The average Bonchev–Trinajstić information content (AvgIpc) is 2.68. The molecule has 8 heteroatoms. The largest absolute Gasteiger partial charge is 0.493 e. The summed E-state index contributed by atoms with van der Waals surface area (Å²) in [5.74, 6) is -1.82. The number of hydrogen-bond acceptors (Lipinski definition) is 5. The van der Waals surface area contributed by atoms with Crippen LogP contribution in [0.1, 0.15) is 12.5 Å². The molecule has 0 aliphatic rings. The number of hydrazone groups is 1. The lowest BCUT2D eigenvalue weighted by molar-refractivity contribution is -0.131. The molecule has 1 unspecified atom stereocenters. The number of amides is 2. The molecule has 0 saturated heterocycles. The number of ether oxygens (including phenoxy) is 2. The van der Waals surface area contributed by atoms with E-state index in [-0.39, 0.29) is 5.69 Å². The Morgan fingerprint density at radius 2 is 1.78 bits per heavy atom. The van der Waals surface area contributed by atoms with E-state index in [1.807, 2.05) is 0 Å². The van der Waals surface area contributed by atoms with Crippen LogP contribution in [0.5, 0.6) is 11.5 Å². The van der Waals surface area contributed by atoms with Gasteiger partial charge in [0.25, 0.3) is 5.91 Å². The minimum absolute atomic E-state index is 0.0102. The van der Waals surface area contributed by atoms with Gasteiger partial charge in [0, 0.05) is 0 Å². The summed E-state index contributed by atoms with van der Waals surface area (Å²) >= 11 is 0.